The summed E-state index contributed by atoms with van der Waals surface area (Å²) in [6, 6.07) is 7.65. The standard InChI is InChI=1S/C17H16N4O3S/c1-11-4-2-3-5-12(11)16-19-13(9-25-16)17(22)21-6-7-23-8-14(21)15-18-10-24-20-15/h2-5,9-10,14H,6-8H2,1H3/t14-/m0/s1. The van der Waals surface area contributed by atoms with Crippen LogP contribution in [0.4, 0.5) is 0 Å². The van der Waals surface area contributed by atoms with Crippen LogP contribution in [0.25, 0.3) is 10.6 Å². The Bertz CT molecular complexity index is 878. The molecule has 0 saturated carbocycles. The van der Waals surface area contributed by atoms with E-state index in [1.807, 2.05) is 31.2 Å². The van der Waals surface area contributed by atoms with Gasteiger partial charge in [-0.2, -0.15) is 4.98 Å². The van der Waals surface area contributed by atoms with Gasteiger partial charge in [-0.1, -0.05) is 29.4 Å². The molecule has 1 fully saturated rings. The lowest BCUT2D eigenvalue weighted by Gasteiger charge is -2.33. The Morgan fingerprint density at radius 3 is 3.04 bits per heavy atom. The molecule has 7 nitrogen and oxygen atoms in total. The van der Waals surface area contributed by atoms with Crippen LogP contribution in [0.3, 0.4) is 0 Å². The lowest BCUT2D eigenvalue weighted by atomic mass is 10.1. The molecule has 0 radical (unpaired) electrons. The number of aryl methyl sites for hydroxylation is 1. The number of hydrogen-bond donors (Lipinski definition) is 0. The summed E-state index contributed by atoms with van der Waals surface area (Å²) in [4.78, 5) is 23.3. The van der Waals surface area contributed by atoms with Crippen LogP contribution in [-0.2, 0) is 4.74 Å². The molecule has 0 spiro atoms. The first-order chi connectivity index (χ1) is 12.2. The quantitative estimate of drug-likeness (QED) is 0.718. The van der Waals surface area contributed by atoms with Crippen molar-refractivity contribution in [3.63, 3.8) is 0 Å². The second-order valence-electron chi connectivity index (χ2n) is 5.73. The van der Waals surface area contributed by atoms with E-state index in [1.54, 1.807) is 10.3 Å². The molecule has 3 aromatic rings. The molecule has 1 aliphatic rings. The van der Waals surface area contributed by atoms with E-state index in [0.717, 1.165) is 16.1 Å². The molecule has 0 N–H and O–H groups in total. The highest BCUT2D eigenvalue weighted by Gasteiger charge is 2.33. The second kappa shape index (κ2) is 6.73. The average molecular weight is 356 g/mol. The molecule has 2 aromatic heterocycles. The number of ether oxygens (including phenoxy) is 1. The lowest BCUT2D eigenvalue weighted by molar-refractivity contribution is -0.00602. The van der Waals surface area contributed by atoms with E-state index >= 15 is 0 Å². The Kier molecular flexibility index (Phi) is 4.29. The van der Waals surface area contributed by atoms with Crippen LogP contribution in [0.5, 0.6) is 0 Å². The fourth-order valence-electron chi connectivity index (χ4n) is 2.84. The maximum absolute atomic E-state index is 13.0. The Balaban J connectivity index is 1.61. The number of rotatable bonds is 3. The van der Waals surface area contributed by atoms with Gasteiger partial charge in [-0.3, -0.25) is 4.79 Å². The maximum atomic E-state index is 13.0. The fourth-order valence-corrected chi connectivity index (χ4v) is 3.73. The van der Waals surface area contributed by atoms with Gasteiger partial charge in [0, 0.05) is 17.5 Å². The Morgan fingerprint density at radius 1 is 1.36 bits per heavy atom. The van der Waals surface area contributed by atoms with Crippen molar-refractivity contribution in [2.75, 3.05) is 19.8 Å². The van der Waals surface area contributed by atoms with Crippen LogP contribution in [0.1, 0.15) is 27.9 Å². The molecule has 1 saturated heterocycles. The van der Waals surface area contributed by atoms with E-state index in [9.17, 15) is 4.79 Å². The average Bonchev–Trinajstić information content (AvgIpc) is 3.34. The predicted octanol–water partition coefficient (Wildman–Crippen LogP) is 2.72. The van der Waals surface area contributed by atoms with E-state index < -0.39 is 0 Å². The molecule has 8 heteroatoms. The van der Waals surface area contributed by atoms with Gasteiger partial charge in [-0.25, -0.2) is 4.98 Å². The van der Waals surface area contributed by atoms with Gasteiger partial charge in [0.15, 0.2) is 5.82 Å². The van der Waals surface area contributed by atoms with Crippen molar-refractivity contribution in [2.24, 2.45) is 0 Å². The van der Waals surface area contributed by atoms with Crippen LogP contribution in [0, 0.1) is 6.92 Å². The molecular formula is C17H16N4O3S. The summed E-state index contributed by atoms with van der Waals surface area (Å²) in [6.45, 7) is 3.33. The van der Waals surface area contributed by atoms with Crippen molar-refractivity contribution in [1.82, 2.24) is 20.0 Å². The maximum Gasteiger partial charge on any atom is 0.274 e. The predicted molar refractivity (Wildman–Crippen MR) is 91.2 cm³/mol. The van der Waals surface area contributed by atoms with Crippen molar-refractivity contribution in [2.45, 2.75) is 13.0 Å². The lowest BCUT2D eigenvalue weighted by Crippen LogP contribution is -2.44. The van der Waals surface area contributed by atoms with E-state index in [1.165, 1.54) is 17.7 Å². The summed E-state index contributed by atoms with van der Waals surface area (Å²) in [5.74, 6) is 0.302. The van der Waals surface area contributed by atoms with Gasteiger partial charge in [0.05, 0.1) is 13.2 Å². The highest BCUT2D eigenvalue weighted by molar-refractivity contribution is 7.13. The Labute approximate surface area is 148 Å². The zero-order valence-electron chi connectivity index (χ0n) is 13.6. The van der Waals surface area contributed by atoms with Gasteiger partial charge < -0.3 is 14.2 Å². The van der Waals surface area contributed by atoms with E-state index in [2.05, 4.69) is 15.1 Å². The first kappa shape index (κ1) is 15.9. The molecule has 1 amide bonds. The van der Waals surface area contributed by atoms with Gasteiger partial charge in [0.1, 0.15) is 16.7 Å². The van der Waals surface area contributed by atoms with Crippen LogP contribution in [0.15, 0.2) is 40.6 Å². The third-order valence-corrected chi connectivity index (χ3v) is 5.04. The van der Waals surface area contributed by atoms with Crippen molar-refractivity contribution >= 4 is 17.2 Å². The zero-order valence-corrected chi connectivity index (χ0v) is 14.4. The minimum atomic E-state index is -0.358. The number of thiazole rings is 1. The first-order valence-electron chi connectivity index (χ1n) is 7.90. The number of nitrogens with zero attached hydrogens (tertiary/aromatic N) is 4. The molecule has 0 aliphatic carbocycles. The molecule has 1 atom stereocenters. The minimum Gasteiger partial charge on any atom is -0.377 e. The van der Waals surface area contributed by atoms with Crippen LogP contribution in [-0.4, -0.2) is 45.7 Å². The van der Waals surface area contributed by atoms with Crippen molar-refractivity contribution in [1.29, 1.82) is 0 Å². The van der Waals surface area contributed by atoms with Gasteiger partial charge in [0.2, 0.25) is 6.39 Å². The molecule has 4 rings (SSSR count). The smallest absolute Gasteiger partial charge is 0.274 e. The SMILES string of the molecule is Cc1ccccc1-c1nc(C(=O)N2CCOC[C@H]2c2ncon2)cs1. The number of carbonyl (C=O) groups is 1. The Hall–Kier alpha value is -2.58. The largest absolute Gasteiger partial charge is 0.377 e. The van der Waals surface area contributed by atoms with Gasteiger partial charge in [-0.05, 0) is 12.5 Å². The van der Waals surface area contributed by atoms with E-state index in [-0.39, 0.29) is 11.9 Å². The zero-order chi connectivity index (χ0) is 17.2. The van der Waals surface area contributed by atoms with Gasteiger partial charge in [0.25, 0.3) is 5.91 Å². The third-order valence-electron chi connectivity index (χ3n) is 4.16. The number of aromatic nitrogens is 3. The number of morpholine rings is 1. The molecule has 1 aliphatic heterocycles. The number of carbonyl (C=O) groups excluding carboxylic acids is 1. The molecular weight excluding hydrogens is 340 g/mol. The summed E-state index contributed by atoms with van der Waals surface area (Å²) >= 11 is 1.47. The normalized spacial score (nSPS) is 17.6. The molecule has 0 bridgehead atoms. The van der Waals surface area contributed by atoms with Crippen molar-refractivity contribution in [3.05, 3.63) is 53.1 Å². The second-order valence-corrected chi connectivity index (χ2v) is 6.59. The number of amides is 1. The molecule has 1 aromatic carbocycles. The summed E-state index contributed by atoms with van der Waals surface area (Å²) in [7, 11) is 0. The highest BCUT2D eigenvalue weighted by Crippen LogP contribution is 2.29. The number of benzene rings is 1. The van der Waals surface area contributed by atoms with Crippen LogP contribution >= 0.6 is 11.3 Å². The Morgan fingerprint density at radius 2 is 2.24 bits per heavy atom. The van der Waals surface area contributed by atoms with Crippen molar-refractivity contribution < 1.29 is 14.1 Å². The van der Waals surface area contributed by atoms with Crippen LogP contribution in [0.2, 0.25) is 0 Å². The minimum absolute atomic E-state index is 0.144. The van der Waals surface area contributed by atoms with E-state index in [4.69, 9.17) is 9.26 Å². The third kappa shape index (κ3) is 3.06. The summed E-state index contributed by atoms with van der Waals surface area (Å²) in [5, 5.41) is 6.49. The highest BCUT2D eigenvalue weighted by atomic mass is 32.1. The fraction of sp³-hybridized carbons (Fsp3) is 0.294. The molecule has 3 heterocycles. The van der Waals surface area contributed by atoms with Crippen molar-refractivity contribution in [3.8, 4) is 10.6 Å². The first-order valence-corrected chi connectivity index (χ1v) is 8.78. The molecule has 25 heavy (non-hydrogen) atoms. The summed E-state index contributed by atoms with van der Waals surface area (Å²) in [5.41, 5.74) is 2.61. The summed E-state index contributed by atoms with van der Waals surface area (Å²) in [6.07, 6.45) is 1.26. The van der Waals surface area contributed by atoms with Gasteiger partial charge >= 0.3 is 0 Å². The monoisotopic (exact) mass is 356 g/mol. The van der Waals surface area contributed by atoms with E-state index in [0.29, 0.717) is 31.3 Å². The molecule has 0 unspecified atom stereocenters. The summed E-state index contributed by atoms with van der Waals surface area (Å²) < 4.78 is 10.3. The topological polar surface area (TPSA) is 81.4 Å². The number of hydrogen-bond acceptors (Lipinski definition) is 7. The molecule has 128 valence electrons. The van der Waals surface area contributed by atoms with Crippen LogP contribution < -0.4 is 0 Å². The van der Waals surface area contributed by atoms with Gasteiger partial charge in [-0.15, -0.1) is 11.3 Å².